The van der Waals surface area contributed by atoms with Gasteiger partial charge in [0, 0.05) is 11.7 Å². The third-order valence-electron chi connectivity index (χ3n) is 1.85. The van der Waals surface area contributed by atoms with Gasteiger partial charge in [0.1, 0.15) is 5.75 Å². The second-order valence-corrected chi connectivity index (χ2v) is 3.52. The van der Waals surface area contributed by atoms with Gasteiger partial charge >= 0.3 is 5.97 Å². The molecular weight excluding hydrogens is 218 g/mol. The lowest BCUT2D eigenvalue weighted by atomic mass is 10.1. The van der Waals surface area contributed by atoms with Gasteiger partial charge in [0.2, 0.25) is 0 Å². The van der Waals surface area contributed by atoms with E-state index in [-0.39, 0.29) is 11.8 Å². The predicted octanol–water partition coefficient (Wildman–Crippen LogP) is 3.03. The van der Waals surface area contributed by atoms with Gasteiger partial charge in [0.25, 0.3) is 0 Å². The van der Waals surface area contributed by atoms with Crippen LogP contribution in [-0.2, 0) is 4.74 Å². The van der Waals surface area contributed by atoms with Gasteiger partial charge in [-0.2, -0.15) is 0 Å². The molecule has 0 bridgehead atoms. The lowest BCUT2D eigenvalue weighted by Crippen LogP contribution is -2.14. The average molecular weight is 239 g/mol. The third-order valence-corrected chi connectivity index (χ3v) is 1.85. The molecule has 0 aliphatic carbocycles. The van der Waals surface area contributed by atoms with Crippen LogP contribution in [0.4, 0.5) is 5.69 Å². The fourth-order valence-corrected chi connectivity index (χ4v) is 1.25. The Balaban J connectivity index is 0.00000121. The van der Waals surface area contributed by atoms with Crippen molar-refractivity contribution in [2.24, 2.45) is 0 Å². The Bertz CT molecular complexity index is 362. The van der Waals surface area contributed by atoms with Crippen molar-refractivity contribution >= 4 is 11.7 Å². The van der Waals surface area contributed by atoms with Gasteiger partial charge in [-0.15, -0.1) is 0 Å². The second-order valence-electron chi connectivity index (χ2n) is 3.52. The first-order chi connectivity index (χ1) is 8.04. The molecule has 0 aromatic heterocycles. The zero-order valence-electron chi connectivity index (χ0n) is 11.1. The monoisotopic (exact) mass is 239 g/mol. The highest BCUT2D eigenvalue weighted by atomic mass is 16.5. The van der Waals surface area contributed by atoms with Crippen molar-refractivity contribution in [2.45, 2.75) is 33.7 Å². The minimum Gasteiger partial charge on any atom is -0.508 e. The fourth-order valence-electron chi connectivity index (χ4n) is 1.25. The summed E-state index contributed by atoms with van der Waals surface area (Å²) in [5.41, 5.74) is 1.00. The molecular formula is C13H21NO3. The first kappa shape index (κ1) is 15.3. The first-order valence-corrected chi connectivity index (χ1v) is 5.72. The zero-order chi connectivity index (χ0) is 13.4. The van der Waals surface area contributed by atoms with E-state index in [0.29, 0.717) is 11.3 Å². The molecule has 1 aromatic carbocycles. The number of carbonyl (C=O) groups is 1. The van der Waals surface area contributed by atoms with Crippen LogP contribution in [0.25, 0.3) is 0 Å². The van der Waals surface area contributed by atoms with Gasteiger partial charge in [-0.05, 0) is 32.0 Å². The van der Waals surface area contributed by atoms with Gasteiger partial charge in [-0.25, -0.2) is 4.79 Å². The number of hydrogen-bond donors (Lipinski definition) is 2. The number of phenolic OH excluding ortho intramolecular Hbond substituents is 1. The normalized spacial score (nSPS) is 9.29. The number of hydrogen-bond acceptors (Lipinski definition) is 4. The SMILES string of the molecule is CC.COC(=O)c1cc(O)ccc1NC(C)C. The van der Waals surface area contributed by atoms with Gasteiger partial charge in [-0.3, -0.25) is 0 Å². The van der Waals surface area contributed by atoms with E-state index >= 15 is 0 Å². The van der Waals surface area contributed by atoms with E-state index in [9.17, 15) is 9.90 Å². The van der Waals surface area contributed by atoms with Gasteiger partial charge in [0.05, 0.1) is 12.7 Å². The van der Waals surface area contributed by atoms with Crippen LogP contribution < -0.4 is 5.32 Å². The van der Waals surface area contributed by atoms with Crippen molar-refractivity contribution in [1.29, 1.82) is 0 Å². The Morgan fingerprint density at radius 2 is 1.94 bits per heavy atom. The Morgan fingerprint density at radius 1 is 1.35 bits per heavy atom. The quantitative estimate of drug-likeness (QED) is 0.628. The van der Waals surface area contributed by atoms with E-state index in [2.05, 4.69) is 10.1 Å². The summed E-state index contributed by atoms with van der Waals surface area (Å²) in [6, 6.07) is 4.77. The highest BCUT2D eigenvalue weighted by Crippen LogP contribution is 2.22. The number of methoxy groups -OCH3 is 1. The lowest BCUT2D eigenvalue weighted by Gasteiger charge is -2.13. The number of carbonyl (C=O) groups excluding carboxylic acids is 1. The van der Waals surface area contributed by atoms with Crippen LogP contribution in [-0.4, -0.2) is 24.2 Å². The molecule has 0 saturated carbocycles. The zero-order valence-corrected chi connectivity index (χ0v) is 11.1. The molecule has 0 aliphatic heterocycles. The molecule has 4 nitrogen and oxygen atoms in total. The fraction of sp³-hybridized carbons (Fsp3) is 0.462. The molecule has 0 atom stereocenters. The van der Waals surface area contributed by atoms with E-state index in [0.717, 1.165) is 0 Å². The van der Waals surface area contributed by atoms with E-state index < -0.39 is 5.97 Å². The minimum atomic E-state index is -0.464. The second kappa shape index (κ2) is 7.54. The number of anilines is 1. The predicted molar refractivity (Wildman–Crippen MR) is 69.6 cm³/mol. The summed E-state index contributed by atoms with van der Waals surface area (Å²) >= 11 is 0. The third kappa shape index (κ3) is 4.76. The Hall–Kier alpha value is -1.71. The number of nitrogens with one attached hydrogen (secondary N) is 1. The number of rotatable bonds is 3. The number of phenols is 1. The largest absolute Gasteiger partial charge is 0.508 e. The topological polar surface area (TPSA) is 58.6 Å². The summed E-state index contributed by atoms with van der Waals surface area (Å²) in [5, 5.41) is 12.4. The molecule has 2 N–H and O–H groups in total. The van der Waals surface area contributed by atoms with Crippen molar-refractivity contribution in [3.05, 3.63) is 23.8 Å². The number of ether oxygens (including phenoxy) is 1. The molecule has 96 valence electrons. The van der Waals surface area contributed by atoms with Crippen LogP contribution in [0.5, 0.6) is 5.75 Å². The molecule has 0 amide bonds. The summed E-state index contributed by atoms with van der Waals surface area (Å²) < 4.78 is 4.62. The summed E-state index contributed by atoms with van der Waals surface area (Å²) in [6.07, 6.45) is 0. The highest BCUT2D eigenvalue weighted by molar-refractivity contribution is 5.96. The molecule has 0 unspecified atom stereocenters. The summed E-state index contributed by atoms with van der Waals surface area (Å²) in [6.45, 7) is 7.93. The minimum absolute atomic E-state index is 0.0460. The van der Waals surface area contributed by atoms with Crippen LogP contribution in [0.15, 0.2) is 18.2 Å². The van der Waals surface area contributed by atoms with Gasteiger partial charge < -0.3 is 15.2 Å². The van der Waals surface area contributed by atoms with Crippen LogP contribution in [0.1, 0.15) is 38.1 Å². The molecule has 0 aliphatic rings. The molecule has 0 saturated heterocycles. The lowest BCUT2D eigenvalue weighted by molar-refractivity contribution is 0.0601. The maximum Gasteiger partial charge on any atom is 0.340 e. The molecule has 1 aromatic rings. The maximum atomic E-state index is 11.4. The molecule has 0 spiro atoms. The summed E-state index contributed by atoms with van der Waals surface area (Å²) in [5.74, 6) is -0.418. The van der Waals surface area contributed by atoms with Crippen molar-refractivity contribution in [3.63, 3.8) is 0 Å². The van der Waals surface area contributed by atoms with Crippen molar-refractivity contribution in [1.82, 2.24) is 0 Å². The molecule has 0 radical (unpaired) electrons. The van der Waals surface area contributed by atoms with E-state index in [1.54, 1.807) is 6.07 Å². The standard InChI is InChI=1S/C11H15NO3.C2H6/c1-7(2)12-10-5-4-8(13)6-9(10)11(14)15-3;1-2/h4-7,12-13H,1-3H3;1-2H3. The van der Waals surface area contributed by atoms with Crippen LogP contribution in [0, 0.1) is 0 Å². The van der Waals surface area contributed by atoms with E-state index in [1.165, 1.54) is 19.2 Å². The van der Waals surface area contributed by atoms with Gasteiger partial charge in [0.15, 0.2) is 0 Å². The molecule has 0 fully saturated rings. The Morgan fingerprint density at radius 3 is 2.41 bits per heavy atom. The molecule has 1 rings (SSSR count). The van der Waals surface area contributed by atoms with E-state index in [1.807, 2.05) is 27.7 Å². The smallest absolute Gasteiger partial charge is 0.340 e. The molecule has 17 heavy (non-hydrogen) atoms. The Kier molecular flexibility index (Phi) is 6.79. The van der Waals surface area contributed by atoms with Gasteiger partial charge in [-0.1, -0.05) is 13.8 Å². The molecule has 0 heterocycles. The number of esters is 1. The van der Waals surface area contributed by atoms with Crippen molar-refractivity contribution in [3.8, 4) is 5.75 Å². The first-order valence-electron chi connectivity index (χ1n) is 5.72. The maximum absolute atomic E-state index is 11.4. The van der Waals surface area contributed by atoms with E-state index in [4.69, 9.17) is 0 Å². The Labute approximate surface area is 103 Å². The highest BCUT2D eigenvalue weighted by Gasteiger charge is 2.13. The van der Waals surface area contributed by atoms with Crippen LogP contribution in [0.2, 0.25) is 0 Å². The molecule has 4 heteroatoms. The van der Waals surface area contributed by atoms with Crippen LogP contribution >= 0.6 is 0 Å². The van der Waals surface area contributed by atoms with Crippen molar-refractivity contribution in [2.75, 3.05) is 12.4 Å². The number of benzene rings is 1. The summed E-state index contributed by atoms with van der Waals surface area (Å²) in [4.78, 5) is 11.4. The number of aromatic hydroxyl groups is 1. The van der Waals surface area contributed by atoms with Crippen LogP contribution in [0.3, 0.4) is 0 Å². The average Bonchev–Trinajstić information content (AvgIpc) is 2.32. The van der Waals surface area contributed by atoms with Crippen molar-refractivity contribution < 1.29 is 14.6 Å². The summed E-state index contributed by atoms with van der Waals surface area (Å²) in [7, 11) is 1.31.